The Hall–Kier alpha value is -2.27. The van der Waals surface area contributed by atoms with E-state index in [-0.39, 0.29) is 5.91 Å². The SMILES string of the molecule is CCOc1ccc(/C=C/C(=O)Nc2ccc(Br)c(C)c2)cc1OC. The highest BCUT2D eigenvalue weighted by molar-refractivity contribution is 9.10. The monoisotopic (exact) mass is 389 g/mol. The zero-order valence-corrected chi connectivity index (χ0v) is 15.5. The van der Waals surface area contributed by atoms with Crippen molar-refractivity contribution in [1.29, 1.82) is 0 Å². The molecule has 0 heterocycles. The molecule has 1 amide bonds. The molecule has 0 radical (unpaired) electrons. The molecule has 24 heavy (non-hydrogen) atoms. The molecule has 4 nitrogen and oxygen atoms in total. The van der Waals surface area contributed by atoms with E-state index >= 15 is 0 Å². The highest BCUT2D eigenvalue weighted by atomic mass is 79.9. The van der Waals surface area contributed by atoms with Crippen molar-refractivity contribution in [3.8, 4) is 11.5 Å². The Balaban J connectivity index is 2.06. The van der Waals surface area contributed by atoms with E-state index in [1.54, 1.807) is 13.2 Å². The second-order valence-corrected chi connectivity index (χ2v) is 5.98. The third-order valence-electron chi connectivity index (χ3n) is 3.34. The van der Waals surface area contributed by atoms with Gasteiger partial charge in [0, 0.05) is 16.2 Å². The molecule has 0 spiro atoms. The fourth-order valence-electron chi connectivity index (χ4n) is 2.14. The summed E-state index contributed by atoms with van der Waals surface area (Å²) in [6, 6.07) is 11.2. The number of aryl methyl sites for hydroxylation is 1. The Kier molecular flexibility index (Phi) is 6.44. The maximum absolute atomic E-state index is 12.0. The van der Waals surface area contributed by atoms with E-state index in [0.717, 1.165) is 21.3 Å². The molecule has 0 aliphatic heterocycles. The van der Waals surface area contributed by atoms with Gasteiger partial charge in [0.05, 0.1) is 13.7 Å². The van der Waals surface area contributed by atoms with Crippen LogP contribution in [0.25, 0.3) is 6.08 Å². The number of hydrogen-bond donors (Lipinski definition) is 1. The maximum atomic E-state index is 12.0. The zero-order valence-electron chi connectivity index (χ0n) is 13.9. The van der Waals surface area contributed by atoms with Crippen LogP contribution in [0.1, 0.15) is 18.1 Å². The van der Waals surface area contributed by atoms with E-state index in [1.807, 2.05) is 50.2 Å². The number of carbonyl (C=O) groups excluding carboxylic acids is 1. The van der Waals surface area contributed by atoms with Gasteiger partial charge in [0.1, 0.15) is 0 Å². The van der Waals surface area contributed by atoms with Gasteiger partial charge in [-0.25, -0.2) is 0 Å². The van der Waals surface area contributed by atoms with Gasteiger partial charge in [-0.05, 0) is 61.4 Å². The van der Waals surface area contributed by atoms with Crippen LogP contribution in [0.2, 0.25) is 0 Å². The molecule has 0 saturated carbocycles. The van der Waals surface area contributed by atoms with E-state index in [4.69, 9.17) is 9.47 Å². The van der Waals surface area contributed by atoms with Gasteiger partial charge in [-0.1, -0.05) is 22.0 Å². The molecule has 0 atom stereocenters. The Morgan fingerprint density at radius 3 is 2.67 bits per heavy atom. The number of rotatable bonds is 6. The maximum Gasteiger partial charge on any atom is 0.248 e. The van der Waals surface area contributed by atoms with Crippen LogP contribution in [0.3, 0.4) is 0 Å². The van der Waals surface area contributed by atoms with Crippen LogP contribution >= 0.6 is 15.9 Å². The quantitative estimate of drug-likeness (QED) is 0.720. The van der Waals surface area contributed by atoms with Gasteiger partial charge in [0.15, 0.2) is 11.5 Å². The van der Waals surface area contributed by atoms with E-state index in [0.29, 0.717) is 18.1 Å². The second kappa shape index (κ2) is 8.55. The topological polar surface area (TPSA) is 47.6 Å². The largest absolute Gasteiger partial charge is 0.493 e. The summed E-state index contributed by atoms with van der Waals surface area (Å²) >= 11 is 3.44. The molecule has 0 saturated heterocycles. The van der Waals surface area contributed by atoms with Crippen LogP contribution in [0.5, 0.6) is 11.5 Å². The standard InChI is InChI=1S/C19H20BrNO3/c1-4-24-17-9-5-14(12-18(17)23-3)6-10-19(22)21-15-7-8-16(20)13(2)11-15/h5-12H,4H2,1-3H3,(H,21,22)/b10-6+. The number of benzene rings is 2. The van der Waals surface area contributed by atoms with E-state index in [1.165, 1.54) is 6.08 Å². The molecule has 2 rings (SSSR count). The van der Waals surface area contributed by atoms with Crippen LogP contribution in [0.15, 0.2) is 46.9 Å². The molecular formula is C19H20BrNO3. The molecular weight excluding hydrogens is 370 g/mol. The first-order chi connectivity index (χ1) is 11.5. The number of amides is 1. The number of nitrogens with one attached hydrogen (secondary N) is 1. The summed E-state index contributed by atoms with van der Waals surface area (Å²) in [5.41, 5.74) is 2.68. The van der Waals surface area contributed by atoms with Gasteiger partial charge in [0.2, 0.25) is 5.91 Å². The van der Waals surface area contributed by atoms with Crippen molar-refractivity contribution in [3.63, 3.8) is 0 Å². The summed E-state index contributed by atoms with van der Waals surface area (Å²) < 4.78 is 11.8. The van der Waals surface area contributed by atoms with Crippen molar-refractivity contribution in [2.75, 3.05) is 19.0 Å². The predicted molar refractivity (Wildman–Crippen MR) is 101 cm³/mol. The van der Waals surface area contributed by atoms with Crippen molar-refractivity contribution >= 4 is 33.6 Å². The van der Waals surface area contributed by atoms with E-state index in [9.17, 15) is 4.79 Å². The first-order valence-electron chi connectivity index (χ1n) is 7.59. The summed E-state index contributed by atoms with van der Waals surface area (Å²) in [5.74, 6) is 1.14. The number of ether oxygens (including phenoxy) is 2. The highest BCUT2D eigenvalue weighted by Gasteiger charge is 2.05. The Labute approximate surface area is 150 Å². The van der Waals surface area contributed by atoms with Gasteiger partial charge in [0.25, 0.3) is 0 Å². The highest BCUT2D eigenvalue weighted by Crippen LogP contribution is 2.28. The molecule has 0 bridgehead atoms. The fraction of sp³-hybridized carbons (Fsp3) is 0.211. The number of halogens is 1. The molecule has 1 N–H and O–H groups in total. The number of hydrogen-bond acceptors (Lipinski definition) is 3. The molecule has 0 unspecified atom stereocenters. The zero-order chi connectivity index (χ0) is 17.5. The lowest BCUT2D eigenvalue weighted by atomic mass is 10.2. The molecule has 0 aliphatic carbocycles. The molecule has 2 aromatic rings. The van der Waals surface area contributed by atoms with Crippen LogP contribution in [0, 0.1) is 6.92 Å². The first-order valence-corrected chi connectivity index (χ1v) is 8.39. The lowest BCUT2D eigenvalue weighted by Crippen LogP contribution is -2.07. The predicted octanol–water partition coefficient (Wildman–Crippen LogP) is 4.82. The average Bonchev–Trinajstić information content (AvgIpc) is 2.57. The lowest BCUT2D eigenvalue weighted by molar-refractivity contribution is -0.111. The summed E-state index contributed by atoms with van der Waals surface area (Å²) in [6.07, 6.45) is 3.23. The third-order valence-corrected chi connectivity index (χ3v) is 4.23. The number of anilines is 1. The summed E-state index contributed by atoms with van der Waals surface area (Å²) in [6.45, 7) is 4.46. The van der Waals surface area contributed by atoms with Crippen molar-refractivity contribution < 1.29 is 14.3 Å². The molecule has 0 fully saturated rings. The van der Waals surface area contributed by atoms with Gasteiger partial charge < -0.3 is 14.8 Å². The average molecular weight is 390 g/mol. The molecule has 2 aromatic carbocycles. The van der Waals surface area contributed by atoms with Crippen LogP contribution in [-0.2, 0) is 4.79 Å². The van der Waals surface area contributed by atoms with Crippen LogP contribution in [0.4, 0.5) is 5.69 Å². The van der Waals surface area contributed by atoms with E-state index < -0.39 is 0 Å². The third kappa shape index (κ3) is 4.86. The Morgan fingerprint density at radius 1 is 1.21 bits per heavy atom. The molecule has 5 heteroatoms. The van der Waals surface area contributed by atoms with Crippen molar-refractivity contribution in [2.45, 2.75) is 13.8 Å². The van der Waals surface area contributed by atoms with Crippen molar-refractivity contribution in [3.05, 3.63) is 58.1 Å². The lowest BCUT2D eigenvalue weighted by Gasteiger charge is -2.09. The normalized spacial score (nSPS) is 10.7. The smallest absolute Gasteiger partial charge is 0.248 e. The molecule has 0 aromatic heterocycles. The van der Waals surface area contributed by atoms with Crippen molar-refractivity contribution in [2.24, 2.45) is 0 Å². The Morgan fingerprint density at radius 2 is 2.00 bits per heavy atom. The van der Waals surface area contributed by atoms with Gasteiger partial charge in [-0.15, -0.1) is 0 Å². The van der Waals surface area contributed by atoms with Crippen LogP contribution in [-0.4, -0.2) is 19.6 Å². The Bertz CT molecular complexity index is 756. The number of carbonyl (C=O) groups is 1. The van der Waals surface area contributed by atoms with Gasteiger partial charge >= 0.3 is 0 Å². The second-order valence-electron chi connectivity index (χ2n) is 5.13. The minimum Gasteiger partial charge on any atom is -0.493 e. The summed E-state index contributed by atoms with van der Waals surface area (Å²) in [7, 11) is 1.59. The minimum atomic E-state index is -0.190. The van der Waals surface area contributed by atoms with Gasteiger partial charge in [-0.3, -0.25) is 4.79 Å². The number of methoxy groups -OCH3 is 1. The minimum absolute atomic E-state index is 0.190. The summed E-state index contributed by atoms with van der Waals surface area (Å²) in [5, 5.41) is 2.84. The van der Waals surface area contributed by atoms with E-state index in [2.05, 4.69) is 21.2 Å². The van der Waals surface area contributed by atoms with Gasteiger partial charge in [-0.2, -0.15) is 0 Å². The first kappa shape index (κ1) is 18.1. The van der Waals surface area contributed by atoms with Crippen molar-refractivity contribution in [1.82, 2.24) is 0 Å². The molecule has 0 aliphatic rings. The summed E-state index contributed by atoms with van der Waals surface area (Å²) in [4.78, 5) is 12.0. The van der Waals surface area contributed by atoms with Crippen LogP contribution < -0.4 is 14.8 Å². The fourth-order valence-corrected chi connectivity index (χ4v) is 2.39. The molecule has 126 valence electrons.